The van der Waals surface area contributed by atoms with Crippen molar-refractivity contribution in [3.8, 4) is 0 Å². The van der Waals surface area contributed by atoms with Crippen LogP contribution >= 0.6 is 0 Å². The van der Waals surface area contributed by atoms with Crippen molar-refractivity contribution < 1.29 is 9.90 Å². The molecule has 1 N–H and O–H groups in total. The Balaban J connectivity index is 2.94. The van der Waals surface area contributed by atoms with Crippen molar-refractivity contribution in [3.63, 3.8) is 0 Å². The van der Waals surface area contributed by atoms with Crippen molar-refractivity contribution in [3.05, 3.63) is 45.8 Å². The maximum Gasteiger partial charge on any atom is 0.331 e. The molecule has 76 valence electrons. The first-order valence-electron chi connectivity index (χ1n) is 4.20. The molecule has 0 heterocycles. The number of nitrogens with zero attached hydrogens (tertiary/aromatic N) is 3. The summed E-state index contributed by atoms with van der Waals surface area (Å²) in [5, 5.41) is 12.1. The van der Waals surface area contributed by atoms with E-state index in [0.717, 1.165) is 5.56 Å². The van der Waals surface area contributed by atoms with Gasteiger partial charge in [0.2, 0.25) is 0 Å². The zero-order valence-corrected chi connectivity index (χ0v) is 8.08. The Hall–Kier alpha value is -2.26. The molecule has 1 aromatic rings. The molecule has 0 saturated carbocycles. The van der Waals surface area contributed by atoms with E-state index in [1.165, 1.54) is 6.92 Å². The molecular weight excluding hydrogens is 194 g/mol. The first-order valence-corrected chi connectivity index (χ1v) is 4.20. The number of rotatable bonds is 3. The van der Waals surface area contributed by atoms with Crippen LogP contribution in [0.25, 0.3) is 16.5 Å². The molecule has 5 heteroatoms. The molecule has 1 aromatic carbocycles. The van der Waals surface area contributed by atoms with Gasteiger partial charge in [0.25, 0.3) is 0 Å². The quantitative estimate of drug-likeness (QED) is 0.354. The number of carboxylic acids is 1. The minimum atomic E-state index is -0.950. The summed E-state index contributed by atoms with van der Waals surface area (Å²) in [6.07, 6.45) is 1.54. The van der Waals surface area contributed by atoms with Crippen molar-refractivity contribution in [2.75, 3.05) is 0 Å². The maximum atomic E-state index is 10.5. The van der Waals surface area contributed by atoms with E-state index in [-0.39, 0.29) is 5.57 Å². The van der Waals surface area contributed by atoms with Gasteiger partial charge in [-0.15, -0.1) is 0 Å². The lowest BCUT2D eigenvalue weighted by Crippen LogP contribution is -1.95. The van der Waals surface area contributed by atoms with Gasteiger partial charge in [0.15, 0.2) is 0 Å². The van der Waals surface area contributed by atoms with Gasteiger partial charge in [0.1, 0.15) is 0 Å². The number of carbonyl (C=O) groups is 1. The van der Waals surface area contributed by atoms with Gasteiger partial charge in [0, 0.05) is 16.2 Å². The Kier molecular flexibility index (Phi) is 3.49. The van der Waals surface area contributed by atoms with Gasteiger partial charge in [-0.05, 0) is 24.1 Å². The van der Waals surface area contributed by atoms with E-state index in [4.69, 9.17) is 10.6 Å². The van der Waals surface area contributed by atoms with E-state index in [1.54, 1.807) is 30.3 Å². The average molecular weight is 203 g/mol. The van der Waals surface area contributed by atoms with E-state index in [2.05, 4.69) is 10.0 Å². The highest BCUT2D eigenvalue weighted by Gasteiger charge is 1.99. The van der Waals surface area contributed by atoms with Crippen molar-refractivity contribution in [2.45, 2.75) is 6.92 Å². The molecule has 0 aromatic heterocycles. The predicted molar refractivity (Wildman–Crippen MR) is 56.5 cm³/mol. The average Bonchev–Trinajstić information content (AvgIpc) is 2.21. The van der Waals surface area contributed by atoms with Crippen LogP contribution in [0.5, 0.6) is 0 Å². The Morgan fingerprint density at radius 2 is 2.07 bits per heavy atom. The van der Waals surface area contributed by atoms with E-state index in [1.807, 2.05) is 0 Å². The summed E-state index contributed by atoms with van der Waals surface area (Å²) in [6.45, 7) is 1.52. The fourth-order valence-electron chi connectivity index (χ4n) is 1.00. The second-order valence-electron chi connectivity index (χ2n) is 2.91. The molecule has 0 amide bonds. The van der Waals surface area contributed by atoms with Crippen molar-refractivity contribution >= 4 is 17.7 Å². The summed E-state index contributed by atoms with van der Waals surface area (Å²) < 4.78 is 0. The summed E-state index contributed by atoms with van der Waals surface area (Å²) >= 11 is 0. The van der Waals surface area contributed by atoms with E-state index < -0.39 is 5.97 Å². The third kappa shape index (κ3) is 3.17. The largest absolute Gasteiger partial charge is 0.478 e. The number of carboxylic acid groups (broad SMARTS) is 1. The minimum absolute atomic E-state index is 0.256. The smallest absolute Gasteiger partial charge is 0.331 e. The molecule has 0 aliphatic heterocycles. The first kappa shape index (κ1) is 10.8. The number of aliphatic carboxylic acids is 1. The standard InChI is InChI=1S/C10H9N3O2/c1-7(10(14)15)6-8-2-4-9(5-3-8)12-13-11/h2-6H,1H3,(H,14,15). The van der Waals surface area contributed by atoms with Crippen LogP contribution in [-0.4, -0.2) is 11.1 Å². The van der Waals surface area contributed by atoms with Gasteiger partial charge >= 0.3 is 5.97 Å². The lowest BCUT2D eigenvalue weighted by atomic mass is 10.1. The molecule has 0 unspecified atom stereocenters. The third-order valence-corrected chi connectivity index (χ3v) is 1.77. The Morgan fingerprint density at radius 3 is 2.53 bits per heavy atom. The summed E-state index contributed by atoms with van der Waals surface area (Å²) in [5.74, 6) is -0.950. The van der Waals surface area contributed by atoms with Gasteiger partial charge in [-0.3, -0.25) is 0 Å². The summed E-state index contributed by atoms with van der Waals surface area (Å²) in [4.78, 5) is 13.2. The van der Waals surface area contributed by atoms with Crippen LogP contribution in [0.4, 0.5) is 5.69 Å². The number of benzene rings is 1. The van der Waals surface area contributed by atoms with Crippen molar-refractivity contribution in [1.82, 2.24) is 0 Å². The Labute approximate surface area is 86.3 Å². The molecule has 1 rings (SSSR count). The van der Waals surface area contributed by atoms with Crippen molar-refractivity contribution in [2.24, 2.45) is 5.11 Å². The Morgan fingerprint density at radius 1 is 1.47 bits per heavy atom. The monoisotopic (exact) mass is 203 g/mol. The van der Waals surface area contributed by atoms with Gasteiger partial charge in [-0.2, -0.15) is 0 Å². The normalized spacial score (nSPS) is 10.6. The molecule has 15 heavy (non-hydrogen) atoms. The van der Waals surface area contributed by atoms with Crippen LogP contribution in [0.15, 0.2) is 35.0 Å². The summed E-state index contributed by atoms with van der Waals surface area (Å²) in [6, 6.07) is 6.63. The van der Waals surface area contributed by atoms with Crippen LogP contribution in [0.1, 0.15) is 12.5 Å². The highest BCUT2D eigenvalue weighted by Crippen LogP contribution is 2.15. The van der Waals surface area contributed by atoms with E-state index in [9.17, 15) is 4.79 Å². The lowest BCUT2D eigenvalue weighted by Gasteiger charge is -1.96. The molecular formula is C10H9N3O2. The number of hydrogen-bond acceptors (Lipinski definition) is 2. The molecule has 0 bridgehead atoms. The highest BCUT2D eigenvalue weighted by molar-refractivity contribution is 5.91. The second kappa shape index (κ2) is 4.83. The molecule has 0 aliphatic carbocycles. The SMILES string of the molecule is CC(=Cc1ccc(N=[N+]=[N-])cc1)C(=O)O. The lowest BCUT2D eigenvalue weighted by molar-refractivity contribution is -0.132. The summed E-state index contributed by atoms with van der Waals surface area (Å²) in [5.41, 5.74) is 9.69. The first-order chi connectivity index (χ1) is 7.13. The molecule has 0 atom stereocenters. The molecule has 0 aliphatic rings. The zero-order valence-electron chi connectivity index (χ0n) is 8.08. The molecule has 0 fully saturated rings. The van der Waals surface area contributed by atoms with Crippen LogP contribution < -0.4 is 0 Å². The van der Waals surface area contributed by atoms with Crippen molar-refractivity contribution in [1.29, 1.82) is 0 Å². The summed E-state index contributed by atoms with van der Waals surface area (Å²) in [7, 11) is 0. The van der Waals surface area contributed by atoms with Crippen LogP contribution in [-0.2, 0) is 4.79 Å². The van der Waals surface area contributed by atoms with E-state index >= 15 is 0 Å². The highest BCUT2D eigenvalue weighted by atomic mass is 16.4. The van der Waals surface area contributed by atoms with Crippen LogP contribution in [0.3, 0.4) is 0 Å². The third-order valence-electron chi connectivity index (χ3n) is 1.77. The van der Waals surface area contributed by atoms with Gasteiger partial charge in [-0.1, -0.05) is 29.4 Å². The van der Waals surface area contributed by atoms with Crippen LogP contribution in [0, 0.1) is 0 Å². The molecule has 5 nitrogen and oxygen atoms in total. The predicted octanol–water partition coefficient (Wildman–Crippen LogP) is 3.12. The maximum absolute atomic E-state index is 10.5. The van der Waals surface area contributed by atoms with Gasteiger partial charge in [-0.25, -0.2) is 4.79 Å². The number of azide groups is 1. The molecule has 0 radical (unpaired) electrons. The van der Waals surface area contributed by atoms with Crippen LogP contribution in [0.2, 0.25) is 0 Å². The molecule has 0 saturated heterocycles. The fourth-order valence-corrected chi connectivity index (χ4v) is 1.00. The Bertz CT molecular complexity index is 442. The van der Waals surface area contributed by atoms with Gasteiger partial charge in [0.05, 0.1) is 0 Å². The van der Waals surface area contributed by atoms with Gasteiger partial charge < -0.3 is 5.11 Å². The second-order valence-corrected chi connectivity index (χ2v) is 2.91. The minimum Gasteiger partial charge on any atom is -0.478 e. The fraction of sp³-hybridized carbons (Fsp3) is 0.100. The molecule has 0 spiro atoms. The number of hydrogen-bond donors (Lipinski definition) is 1. The zero-order chi connectivity index (χ0) is 11.3. The van der Waals surface area contributed by atoms with E-state index in [0.29, 0.717) is 5.69 Å². The topological polar surface area (TPSA) is 86.1 Å².